The molecule has 0 aromatic heterocycles. The first-order valence-electron chi connectivity index (χ1n) is 7.05. The third kappa shape index (κ3) is 5.01. The van der Waals surface area contributed by atoms with Crippen LogP contribution in [0.2, 0.25) is 0 Å². The van der Waals surface area contributed by atoms with Crippen LogP contribution in [-0.2, 0) is 0 Å². The summed E-state index contributed by atoms with van der Waals surface area (Å²) in [5, 5.41) is 0. The van der Waals surface area contributed by atoms with E-state index in [0.29, 0.717) is 0 Å². The molecule has 0 aliphatic heterocycles. The van der Waals surface area contributed by atoms with Gasteiger partial charge in [0.05, 0.1) is 0 Å². The van der Waals surface area contributed by atoms with Gasteiger partial charge in [-0.2, -0.15) is 0 Å². The quantitative estimate of drug-likeness (QED) is 0.522. The second kappa shape index (κ2) is 7.70. The molecule has 0 heteroatoms. The first kappa shape index (κ1) is 13.5. The molecule has 2 aliphatic carbocycles. The van der Waals surface area contributed by atoms with E-state index in [9.17, 15) is 0 Å². The predicted octanol–water partition coefficient (Wildman–Crippen LogP) is 5.36. The summed E-state index contributed by atoms with van der Waals surface area (Å²) in [6.07, 6.45) is 17.3. The summed E-state index contributed by atoms with van der Waals surface area (Å²) in [6.45, 7) is 6.92. The van der Waals surface area contributed by atoms with Gasteiger partial charge in [-0.3, -0.25) is 0 Å². The number of allylic oxidation sites excluding steroid dienone is 4. The van der Waals surface area contributed by atoms with Crippen molar-refractivity contribution in [2.75, 3.05) is 0 Å². The van der Waals surface area contributed by atoms with Crippen LogP contribution < -0.4 is 0 Å². The summed E-state index contributed by atoms with van der Waals surface area (Å²) in [6, 6.07) is 0. The van der Waals surface area contributed by atoms with E-state index in [1.54, 1.807) is 0 Å². The molecule has 3 atom stereocenters. The highest BCUT2D eigenvalue weighted by Crippen LogP contribution is 2.23. The first-order chi connectivity index (χ1) is 7.74. The van der Waals surface area contributed by atoms with Crippen molar-refractivity contribution in [1.29, 1.82) is 0 Å². The maximum Gasteiger partial charge on any atom is -0.0236 e. The summed E-state index contributed by atoms with van der Waals surface area (Å²) in [5.74, 6) is 2.74. The van der Waals surface area contributed by atoms with Crippen LogP contribution in [0.15, 0.2) is 24.3 Å². The smallest absolute Gasteiger partial charge is 0.0236 e. The molecule has 0 saturated carbocycles. The highest BCUT2D eigenvalue weighted by molar-refractivity contribution is 4.92. The second-order valence-electron chi connectivity index (χ2n) is 5.42. The van der Waals surface area contributed by atoms with Crippen molar-refractivity contribution in [2.24, 2.45) is 17.8 Å². The Morgan fingerprint density at radius 3 is 1.94 bits per heavy atom. The standard InChI is InChI=1S/2C8H14/c1-7-5-3-4-6-8(7)2;1-2-8-6-4-3-5-7-8/h3-4,7-8H,5-6H2,1-2H3;4,6,8H,2-3,5,7H2,1H3. The average Bonchev–Trinajstić information content (AvgIpc) is 2.35. The molecule has 0 aromatic carbocycles. The third-order valence-electron chi connectivity index (χ3n) is 4.03. The SMILES string of the molecule is CC1CC=CCC1C.CCC1C=CCCC1. The number of hydrogen-bond acceptors (Lipinski definition) is 0. The molecule has 2 rings (SSSR count). The van der Waals surface area contributed by atoms with E-state index in [2.05, 4.69) is 45.1 Å². The average molecular weight is 220 g/mol. The Kier molecular flexibility index (Phi) is 6.52. The molecule has 0 N–H and O–H groups in total. The van der Waals surface area contributed by atoms with Gasteiger partial charge in [-0.15, -0.1) is 0 Å². The molecule has 0 nitrogen and oxygen atoms in total. The van der Waals surface area contributed by atoms with E-state index < -0.39 is 0 Å². The Balaban J connectivity index is 0.000000160. The van der Waals surface area contributed by atoms with E-state index in [1.807, 2.05) is 0 Å². The summed E-state index contributed by atoms with van der Waals surface area (Å²) < 4.78 is 0. The van der Waals surface area contributed by atoms with E-state index in [1.165, 1.54) is 38.5 Å². The van der Waals surface area contributed by atoms with Crippen molar-refractivity contribution in [3.8, 4) is 0 Å². The van der Waals surface area contributed by atoms with Crippen LogP contribution in [0.4, 0.5) is 0 Å². The van der Waals surface area contributed by atoms with Crippen molar-refractivity contribution in [2.45, 2.75) is 59.3 Å². The van der Waals surface area contributed by atoms with Gasteiger partial charge in [0.1, 0.15) is 0 Å². The molecule has 3 unspecified atom stereocenters. The zero-order valence-corrected chi connectivity index (χ0v) is 11.3. The minimum absolute atomic E-state index is 0.906. The maximum absolute atomic E-state index is 2.36. The lowest BCUT2D eigenvalue weighted by atomic mass is 9.86. The Labute approximate surface area is 102 Å². The summed E-state index contributed by atoms with van der Waals surface area (Å²) in [7, 11) is 0. The van der Waals surface area contributed by atoms with Crippen molar-refractivity contribution in [3.63, 3.8) is 0 Å². The van der Waals surface area contributed by atoms with Crippen LogP contribution in [0.25, 0.3) is 0 Å². The molecule has 16 heavy (non-hydrogen) atoms. The van der Waals surface area contributed by atoms with E-state index in [0.717, 1.165) is 17.8 Å². The van der Waals surface area contributed by atoms with E-state index in [-0.39, 0.29) is 0 Å². The number of hydrogen-bond donors (Lipinski definition) is 0. The van der Waals surface area contributed by atoms with Crippen LogP contribution in [0.3, 0.4) is 0 Å². The molecule has 0 aromatic rings. The molecule has 0 saturated heterocycles. The van der Waals surface area contributed by atoms with Crippen LogP contribution in [-0.4, -0.2) is 0 Å². The minimum atomic E-state index is 0.906. The Morgan fingerprint density at radius 1 is 1.00 bits per heavy atom. The highest BCUT2D eigenvalue weighted by atomic mass is 14.2. The fourth-order valence-corrected chi connectivity index (χ4v) is 2.31. The number of rotatable bonds is 1. The van der Waals surface area contributed by atoms with Crippen LogP contribution in [0.1, 0.15) is 59.3 Å². The zero-order valence-electron chi connectivity index (χ0n) is 11.3. The highest BCUT2D eigenvalue weighted by Gasteiger charge is 2.11. The molecular formula is C16H28. The molecule has 0 fully saturated rings. The largest absolute Gasteiger partial charge is 0.0883 e. The maximum atomic E-state index is 2.36. The van der Waals surface area contributed by atoms with Crippen molar-refractivity contribution in [3.05, 3.63) is 24.3 Å². The van der Waals surface area contributed by atoms with Gasteiger partial charge in [0, 0.05) is 0 Å². The Hall–Kier alpha value is -0.520. The van der Waals surface area contributed by atoms with Gasteiger partial charge in [-0.1, -0.05) is 45.1 Å². The van der Waals surface area contributed by atoms with Gasteiger partial charge >= 0.3 is 0 Å². The molecule has 2 aliphatic rings. The third-order valence-corrected chi connectivity index (χ3v) is 4.03. The lowest BCUT2D eigenvalue weighted by molar-refractivity contribution is 0.380. The minimum Gasteiger partial charge on any atom is -0.0883 e. The fourth-order valence-electron chi connectivity index (χ4n) is 2.31. The monoisotopic (exact) mass is 220 g/mol. The van der Waals surface area contributed by atoms with Crippen LogP contribution >= 0.6 is 0 Å². The summed E-state index contributed by atoms with van der Waals surface area (Å²) in [5.41, 5.74) is 0. The molecule has 0 radical (unpaired) electrons. The first-order valence-corrected chi connectivity index (χ1v) is 7.05. The lowest BCUT2D eigenvalue weighted by Crippen LogP contribution is -2.08. The van der Waals surface area contributed by atoms with Crippen LogP contribution in [0.5, 0.6) is 0 Å². The van der Waals surface area contributed by atoms with E-state index in [4.69, 9.17) is 0 Å². The molecule has 0 bridgehead atoms. The van der Waals surface area contributed by atoms with Gasteiger partial charge in [-0.25, -0.2) is 0 Å². The van der Waals surface area contributed by atoms with Crippen molar-refractivity contribution >= 4 is 0 Å². The lowest BCUT2D eigenvalue weighted by Gasteiger charge is -2.19. The van der Waals surface area contributed by atoms with Gasteiger partial charge in [-0.05, 0) is 56.3 Å². The van der Waals surface area contributed by atoms with Crippen molar-refractivity contribution < 1.29 is 0 Å². The Morgan fingerprint density at radius 2 is 1.62 bits per heavy atom. The molecule has 0 amide bonds. The summed E-state index contributed by atoms with van der Waals surface area (Å²) >= 11 is 0. The van der Waals surface area contributed by atoms with E-state index >= 15 is 0 Å². The predicted molar refractivity (Wildman–Crippen MR) is 73.5 cm³/mol. The molecule has 0 spiro atoms. The normalized spacial score (nSPS) is 33.1. The molecular weight excluding hydrogens is 192 g/mol. The van der Waals surface area contributed by atoms with Crippen LogP contribution in [0, 0.1) is 17.8 Å². The van der Waals surface area contributed by atoms with Gasteiger partial charge in [0.15, 0.2) is 0 Å². The molecule has 92 valence electrons. The fraction of sp³-hybridized carbons (Fsp3) is 0.750. The zero-order chi connectivity index (χ0) is 11.8. The molecule has 0 heterocycles. The summed E-state index contributed by atoms with van der Waals surface area (Å²) in [4.78, 5) is 0. The van der Waals surface area contributed by atoms with Gasteiger partial charge in [0.2, 0.25) is 0 Å². The topological polar surface area (TPSA) is 0 Å². The van der Waals surface area contributed by atoms with Gasteiger partial charge < -0.3 is 0 Å². The van der Waals surface area contributed by atoms with Gasteiger partial charge in [0.25, 0.3) is 0 Å². The van der Waals surface area contributed by atoms with Crippen molar-refractivity contribution in [1.82, 2.24) is 0 Å². The Bertz CT molecular complexity index is 212. The second-order valence-corrected chi connectivity index (χ2v) is 5.42.